The molecule has 3 N–H and O–H groups in total. The van der Waals surface area contributed by atoms with Crippen molar-refractivity contribution in [1.82, 2.24) is 10.6 Å². The number of urea groups is 1. The summed E-state index contributed by atoms with van der Waals surface area (Å²) in [6.07, 6.45) is 7.13. The number of amides is 2. The third-order valence-electron chi connectivity index (χ3n) is 4.17. The number of carboxylic acid groups (broad SMARTS) is 1. The van der Waals surface area contributed by atoms with Crippen molar-refractivity contribution in [3.8, 4) is 0 Å². The largest absolute Gasteiger partial charge is 0.481 e. The highest BCUT2D eigenvalue weighted by atomic mass is 16.4. The van der Waals surface area contributed by atoms with Gasteiger partial charge in [0, 0.05) is 18.5 Å². The van der Waals surface area contributed by atoms with Gasteiger partial charge in [0.2, 0.25) is 0 Å². The van der Waals surface area contributed by atoms with Crippen LogP contribution in [-0.2, 0) is 4.79 Å². The summed E-state index contributed by atoms with van der Waals surface area (Å²) in [5.74, 6) is -0.356. The maximum Gasteiger partial charge on any atom is 0.315 e. The number of carboxylic acids is 1. The summed E-state index contributed by atoms with van der Waals surface area (Å²) in [5.41, 5.74) is -0.0176. The van der Waals surface area contributed by atoms with Crippen LogP contribution < -0.4 is 10.6 Å². The monoisotopic (exact) mass is 284 g/mol. The highest BCUT2D eigenvalue weighted by Gasteiger charge is 2.32. The lowest BCUT2D eigenvalue weighted by atomic mass is 9.79. The number of hydrogen-bond acceptors (Lipinski definition) is 2. The van der Waals surface area contributed by atoms with Crippen LogP contribution in [0.5, 0.6) is 0 Å². The van der Waals surface area contributed by atoms with Crippen molar-refractivity contribution in [2.45, 2.75) is 70.8 Å². The van der Waals surface area contributed by atoms with E-state index in [9.17, 15) is 9.59 Å². The number of carbonyl (C=O) groups excluding carboxylic acids is 1. The van der Waals surface area contributed by atoms with Gasteiger partial charge in [0.25, 0.3) is 0 Å². The van der Waals surface area contributed by atoms with Crippen molar-refractivity contribution >= 4 is 12.0 Å². The summed E-state index contributed by atoms with van der Waals surface area (Å²) in [6.45, 7) is 4.79. The number of nitrogens with one attached hydrogen (secondary N) is 2. The van der Waals surface area contributed by atoms with Gasteiger partial charge in [-0.3, -0.25) is 4.79 Å². The highest BCUT2D eigenvalue weighted by Crippen LogP contribution is 2.30. The third-order valence-corrected chi connectivity index (χ3v) is 4.17. The van der Waals surface area contributed by atoms with E-state index in [0.29, 0.717) is 18.9 Å². The van der Waals surface area contributed by atoms with E-state index in [0.717, 1.165) is 32.1 Å². The van der Waals surface area contributed by atoms with Crippen LogP contribution >= 0.6 is 0 Å². The van der Waals surface area contributed by atoms with Gasteiger partial charge in [-0.05, 0) is 44.9 Å². The van der Waals surface area contributed by atoms with E-state index in [1.807, 2.05) is 0 Å². The van der Waals surface area contributed by atoms with E-state index in [1.54, 1.807) is 0 Å². The van der Waals surface area contributed by atoms with E-state index in [2.05, 4.69) is 24.5 Å². The maximum atomic E-state index is 11.7. The Morgan fingerprint density at radius 3 is 2.45 bits per heavy atom. The van der Waals surface area contributed by atoms with Crippen LogP contribution in [0.3, 0.4) is 0 Å². The van der Waals surface area contributed by atoms with Gasteiger partial charge in [-0.1, -0.05) is 19.8 Å². The molecule has 1 aliphatic carbocycles. The van der Waals surface area contributed by atoms with Crippen molar-refractivity contribution in [3.05, 3.63) is 0 Å². The van der Waals surface area contributed by atoms with Crippen LogP contribution in [0.1, 0.15) is 65.2 Å². The lowest BCUT2D eigenvalue weighted by molar-refractivity contribution is -0.137. The van der Waals surface area contributed by atoms with Crippen molar-refractivity contribution in [1.29, 1.82) is 0 Å². The molecule has 0 bridgehead atoms. The molecule has 2 amide bonds. The normalized spacial score (nSPS) is 17.9. The van der Waals surface area contributed by atoms with Gasteiger partial charge in [-0.25, -0.2) is 4.79 Å². The molecule has 20 heavy (non-hydrogen) atoms. The summed E-state index contributed by atoms with van der Waals surface area (Å²) in [6, 6.07) is -0.0966. The number of aliphatic carboxylic acids is 1. The first kappa shape index (κ1) is 16.8. The van der Waals surface area contributed by atoms with E-state index in [-0.39, 0.29) is 18.0 Å². The zero-order valence-corrected chi connectivity index (χ0v) is 12.7. The number of carbonyl (C=O) groups is 2. The van der Waals surface area contributed by atoms with Crippen molar-refractivity contribution < 1.29 is 14.7 Å². The standard InChI is InChI=1S/C15H28N2O3/c1-3-5-12(6-7-13(18)19)8-11-16-14(20)17-15(2)9-4-10-15/h12H,3-11H2,1-2H3,(H,18,19)(H2,16,17,20). The zero-order chi connectivity index (χ0) is 15.0. The second kappa shape index (κ2) is 8.12. The molecule has 5 heteroatoms. The smallest absolute Gasteiger partial charge is 0.315 e. The lowest BCUT2D eigenvalue weighted by Gasteiger charge is -2.39. The van der Waals surface area contributed by atoms with E-state index in [1.165, 1.54) is 6.42 Å². The van der Waals surface area contributed by atoms with Crippen LogP contribution in [0, 0.1) is 5.92 Å². The fraction of sp³-hybridized carbons (Fsp3) is 0.867. The van der Waals surface area contributed by atoms with E-state index < -0.39 is 5.97 Å². The molecule has 0 aliphatic heterocycles. The average Bonchev–Trinajstić information content (AvgIpc) is 2.33. The molecule has 0 spiro atoms. The summed E-state index contributed by atoms with van der Waals surface area (Å²) >= 11 is 0. The molecule has 1 aliphatic rings. The Bertz CT molecular complexity index is 327. The fourth-order valence-electron chi connectivity index (χ4n) is 2.71. The van der Waals surface area contributed by atoms with Gasteiger partial charge in [-0.15, -0.1) is 0 Å². The molecule has 1 rings (SSSR count). The minimum Gasteiger partial charge on any atom is -0.481 e. The fourth-order valence-corrected chi connectivity index (χ4v) is 2.71. The molecule has 0 saturated heterocycles. The Balaban J connectivity index is 2.18. The minimum atomic E-state index is -0.741. The van der Waals surface area contributed by atoms with Gasteiger partial charge < -0.3 is 15.7 Å². The number of hydrogen-bond donors (Lipinski definition) is 3. The first-order valence-electron chi connectivity index (χ1n) is 7.73. The third kappa shape index (κ3) is 6.26. The van der Waals surface area contributed by atoms with Gasteiger partial charge in [0.05, 0.1) is 0 Å². The summed E-state index contributed by atoms with van der Waals surface area (Å²) in [7, 11) is 0. The average molecular weight is 284 g/mol. The maximum absolute atomic E-state index is 11.7. The molecule has 0 aromatic rings. The molecular formula is C15H28N2O3. The van der Waals surface area contributed by atoms with Crippen molar-refractivity contribution in [2.75, 3.05) is 6.54 Å². The second-order valence-corrected chi connectivity index (χ2v) is 6.17. The number of rotatable bonds is 9. The molecule has 1 saturated carbocycles. The van der Waals surface area contributed by atoms with Gasteiger partial charge >= 0.3 is 12.0 Å². The van der Waals surface area contributed by atoms with Crippen LogP contribution in [0.15, 0.2) is 0 Å². The molecule has 0 heterocycles. The SMILES string of the molecule is CCCC(CCNC(=O)NC1(C)CCC1)CCC(=O)O. The summed E-state index contributed by atoms with van der Waals surface area (Å²) in [5, 5.41) is 14.6. The topological polar surface area (TPSA) is 78.4 Å². The first-order chi connectivity index (χ1) is 9.45. The van der Waals surface area contributed by atoms with Gasteiger partial charge in [0.15, 0.2) is 0 Å². The Morgan fingerprint density at radius 2 is 1.95 bits per heavy atom. The molecule has 5 nitrogen and oxygen atoms in total. The Morgan fingerprint density at radius 1 is 1.25 bits per heavy atom. The van der Waals surface area contributed by atoms with Crippen LogP contribution in [0.25, 0.3) is 0 Å². The second-order valence-electron chi connectivity index (χ2n) is 6.17. The molecule has 1 atom stereocenters. The molecule has 1 unspecified atom stereocenters. The van der Waals surface area contributed by atoms with Crippen molar-refractivity contribution in [3.63, 3.8) is 0 Å². The van der Waals surface area contributed by atoms with Crippen LogP contribution in [0.4, 0.5) is 4.79 Å². The predicted molar refractivity (Wildman–Crippen MR) is 78.7 cm³/mol. The van der Waals surface area contributed by atoms with E-state index in [4.69, 9.17) is 5.11 Å². The van der Waals surface area contributed by atoms with Crippen LogP contribution in [-0.4, -0.2) is 29.2 Å². The van der Waals surface area contributed by atoms with Crippen molar-refractivity contribution in [2.24, 2.45) is 5.92 Å². The Labute approximate surface area is 121 Å². The zero-order valence-electron chi connectivity index (χ0n) is 12.7. The predicted octanol–water partition coefficient (Wildman–Crippen LogP) is 2.90. The van der Waals surface area contributed by atoms with Crippen LogP contribution in [0.2, 0.25) is 0 Å². The van der Waals surface area contributed by atoms with Gasteiger partial charge in [0.1, 0.15) is 0 Å². The molecule has 0 radical (unpaired) electrons. The quantitative estimate of drug-likeness (QED) is 0.609. The molecule has 1 fully saturated rings. The lowest BCUT2D eigenvalue weighted by Crippen LogP contribution is -2.54. The summed E-state index contributed by atoms with van der Waals surface area (Å²) < 4.78 is 0. The molecule has 0 aromatic heterocycles. The first-order valence-corrected chi connectivity index (χ1v) is 7.73. The molecule has 116 valence electrons. The Hall–Kier alpha value is -1.26. The highest BCUT2D eigenvalue weighted by molar-refractivity contribution is 5.74. The minimum absolute atomic E-state index is 0.0176. The van der Waals surface area contributed by atoms with Gasteiger partial charge in [-0.2, -0.15) is 0 Å². The Kier molecular flexibility index (Phi) is 6.82. The summed E-state index contributed by atoms with van der Waals surface area (Å²) in [4.78, 5) is 22.3. The van der Waals surface area contributed by atoms with E-state index >= 15 is 0 Å². The molecular weight excluding hydrogens is 256 g/mol. The molecule has 0 aromatic carbocycles.